The van der Waals surface area contributed by atoms with Crippen LogP contribution in [0, 0.1) is 0 Å². The van der Waals surface area contributed by atoms with E-state index in [1.54, 1.807) is 0 Å². The van der Waals surface area contributed by atoms with Crippen molar-refractivity contribution in [2.75, 3.05) is 20.8 Å². The van der Waals surface area contributed by atoms with Gasteiger partial charge in [-0.3, -0.25) is 14.4 Å². The number of hydrogen-bond donors (Lipinski definition) is 0. The topological polar surface area (TPSA) is 107 Å². The third-order valence-corrected chi connectivity index (χ3v) is 3.06. The third-order valence-electron chi connectivity index (χ3n) is 3.06. The molecule has 0 amide bonds. The third kappa shape index (κ3) is 5.45. The Morgan fingerprint density at radius 3 is 1.74 bits per heavy atom. The highest BCUT2D eigenvalue weighted by Gasteiger charge is 2.52. The van der Waals surface area contributed by atoms with E-state index in [9.17, 15) is 14.4 Å². The second-order valence-electron chi connectivity index (χ2n) is 4.96. The minimum absolute atomic E-state index is 0.0579. The fourth-order valence-electron chi connectivity index (χ4n) is 2.34. The Balaban J connectivity index is 3.16. The van der Waals surface area contributed by atoms with Crippen LogP contribution in [0.3, 0.4) is 0 Å². The van der Waals surface area contributed by atoms with Crippen LogP contribution in [0.25, 0.3) is 0 Å². The average molecular weight is 334 g/mol. The summed E-state index contributed by atoms with van der Waals surface area (Å²) >= 11 is 0. The van der Waals surface area contributed by atoms with E-state index in [2.05, 4.69) is 0 Å². The van der Waals surface area contributed by atoms with Crippen LogP contribution in [0.4, 0.5) is 0 Å². The lowest BCUT2D eigenvalue weighted by Crippen LogP contribution is -2.62. The Labute approximate surface area is 134 Å². The first-order valence-corrected chi connectivity index (χ1v) is 6.99. The maximum Gasteiger partial charge on any atom is 0.303 e. The predicted molar refractivity (Wildman–Crippen MR) is 74.2 cm³/mol. The second-order valence-corrected chi connectivity index (χ2v) is 4.96. The Hall–Kier alpha value is -1.71. The van der Waals surface area contributed by atoms with Gasteiger partial charge in [0.15, 0.2) is 24.6 Å². The molecule has 1 fully saturated rings. The molecule has 0 aromatic rings. The van der Waals surface area contributed by atoms with Crippen molar-refractivity contribution < 1.29 is 42.8 Å². The molecule has 1 rings (SSSR count). The van der Waals surface area contributed by atoms with Gasteiger partial charge in [0.25, 0.3) is 0 Å². The number of carbonyl (C=O) groups excluding carboxylic acids is 3. The maximum atomic E-state index is 11.4. The molecule has 23 heavy (non-hydrogen) atoms. The minimum atomic E-state index is -1.08. The van der Waals surface area contributed by atoms with Crippen LogP contribution in [0.15, 0.2) is 0 Å². The summed E-state index contributed by atoms with van der Waals surface area (Å²) in [5.41, 5.74) is 0. The molecule has 0 unspecified atom stereocenters. The van der Waals surface area contributed by atoms with Gasteiger partial charge in [0.1, 0.15) is 6.10 Å². The summed E-state index contributed by atoms with van der Waals surface area (Å²) < 4.78 is 31.4. The normalized spacial score (nSPS) is 30.4. The number of carbonyl (C=O) groups is 3. The van der Waals surface area contributed by atoms with E-state index in [4.69, 9.17) is 28.4 Å². The van der Waals surface area contributed by atoms with Crippen LogP contribution in [0.2, 0.25) is 0 Å². The van der Waals surface area contributed by atoms with Crippen molar-refractivity contribution in [3.63, 3.8) is 0 Å². The Morgan fingerprint density at radius 1 is 0.826 bits per heavy atom. The molecule has 0 aliphatic carbocycles. The maximum absolute atomic E-state index is 11.4. The predicted octanol–water partition coefficient (Wildman–Crippen LogP) is -0.201. The van der Waals surface area contributed by atoms with Gasteiger partial charge in [-0.1, -0.05) is 0 Å². The van der Waals surface area contributed by atoms with Gasteiger partial charge in [-0.25, -0.2) is 0 Å². The van der Waals surface area contributed by atoms with Crippen LogP contribution in [-0.2, 0) is 42.8 Å². The fourth-order valence-corrected chi connectivity index (χ4v) is 2.34. The first-order chi connectivity index (χ1) is 10.8. The van der Waals surface area contributed by atoms with E-state index in [-0.39, 0.29) is 6.61 Å². The Kier molecular flexibility index (Phi) is 7.40. The zero-order valence-electron chi connectivity index (χ0n) is 13.8. The van der Waals surface area contributed by atoms with Crippen molar-refractivity contribution in [3.8, 4) is 0 Å². The molecule has 0 bridgehead atoms. The lowest BCUT2D eigenvalue weighted by Gasteiger charge is -2.43. The minimum Gasteiger partial charge on any atom is -0.456 e. The molecule has 1 aliphatic heterocycles. The standard InChI is InChI=1S/C14H22O9/c1-7(15)20-11-10(6-18-4)23-14(19-5)13(22-9(3)17)12(11)21-8(2)16/h10-14H,6H2,1-5H3/t10-,11+,12+,13-,14+/m1/s1. The van der Waals surface area contributed by atoms with E-state index in [1.807, 2.05) is 0 Å². The summed E-state index contributed by atoms with van der Waals surface area (Å²) in [7, 11) is 2.79. The number of esters is 3. The van der Waals surface area contributed by atoms with Gasteiger partial charge in [-0.05, 0) is 0 Å². The molecule has 9 nitrogen and oxygen atoms in total. The molecule has 0 saturated carbocycles. The molecule has 132 valence electrons. The zero-order chi connectivity index (χ0) is 17.6. The monoisotopic (exact) mass is 334 g/mol. The first kappa shape index (κ1) is 19.3. The van der Waals surface area contributed by atoms with Gasteiger partial charge >= 0.3 is 17.9 Å². The molecule has 0 radical (unpaired) electrons. The molecule has 0 spiro atoms. The van der Waals surface area contributed by atoms with Gasteiger partial charge < -0.3 is 28.4 Å². The first-order valence-electron chi connectivity index (χ1n) is 6.99. The summed E-state index contributed by atoms with van der Waals surface area (Å²) in [5, 5.41) is 0. The molecule has 0 aromatic heterocycles. The number of rotatable bonds is 6. The van der Waals surface area contributed by atoms with Crippen LogP contribution in [0.5, 0.6) is 0 Å². The largest absolute Gasteiger partial charge is 0.456 e. The molecule has 1 saturated heterocycles. The Bertz CT molecular complexity index is 436. The number of methoxy groups -OCH3 is 2. The summed E-state index contributed by atoms with van der Waals surface area (Å²) in [6, 6.07) is 0. The van der Waals surface area contributed by atoms with E-state index >= 15 is 0 Å². The SMILES string of the molecule is COC[C@H]1O[C@H](OC)[C@H](OC(C)=O)[C@@H](OC(C)=O)[C@H]1OC(C)=O. The molecule has 9 heteroatoms. The molecule has 1 aliphatic rings. The molecular formula is C14H22O9. The van der Waals surface area contributed by atoms with Crippen LogP contribution >= 0.6 is 0 Å². The smallest absolute Gasteiger partial charge is 0.303 e. The summed E-state index contributed by atoms with van der Waals surface area (Å²) in [4.78, 5) is 34.1. The van der Waals surface area contributed by atoms with Gasteiger partial charge in [0.2, 0.25) is 0 Å². The molecule has 0 N–H and O–H groups in total. The number of ether oxygens (including phenoxy) is 6. The summed E-state index contributed by atoms with van der Waals surface area (Å²) in [5.74, 6) is -1.85. The van der Waals surface area contributed by atoms with E-state index in [1.165, 1.54) is 35.0 Å². The fraction of sp³-hybridized carbons (Fsp3) is 0.786. The molecule has 5 atom stereocenters. The van der Waals surface area contributed by atoms with E-state index < -0.39 is 48.6 Å². The van der Waals surface area contributed by atoms with Gasteiger partial charge in [0, 0.05) is 35.0 Å². The zero-order valence-corrected chi connectivity index (χ0v) is 13.8. The van der Waals surface area contributed by atoms with Crippen molar-refractivity contribution in [2.45, 2.75) is 51.5 Å². The van der Waals surface area contributed by atoms with Gasteiger partial charge in [0.05, 0.1) is 6.61 Å². The Morgan fingerprint density at radius 2 is 1.30 bits per heavy atom. The highest BCUT2D eigenvalue weighted by molar-refractivity contribution is 5.68. The van der Waals surface area contributed by atoms with Crippen molar-refractivity contribution in [2.24, 2.45) is 0 Å². The summed E-state index contributed by atoms with van der Waals surface area (Å²) in [6.45, 7) is 3.65. The second kappa shape index (κ2) is 8.80. The van der Waals surface area contributed by atoms with Crippen molar-refractivity contribution in [3.05, 3.63) is 0 Å². The van der Waals surface area contributed by atoms with Crippen LogP contribution in [0.1, 0.15) is 20.8 Å². The van der Waals surface area contributed by atoms with Crippen molar-refractivity contribution in [1.82, 2.24) is 0 Å². The van der Waals surface area contributed by atoms with Crippen LogP contribution in [-0.4, -0.2) is 69.4 Å². The quantitative estimate of drug-likeness (QED) is 0.482. The van der Waals surface area contributed by atoms with Gasteiger partial charge in [-0.15, -0.1) is 0 Å². The van der Waals surface area contributed by atoms with Crippen molar-refractivity contribution in [1.29, 1.82) is 0 Å². The lowest BCUT2D eigenvalue weighted by molar-refractivity contribution is -0.302. The van der Waals surface area contributed by atoms with Crippen molar-refractivity contribution >= 4 is 17.9 Å². The highest BCUT2D eigenvalue weighted by atomic mass is 16.7. The molecule has 0 aromatic carbocycles. The summed E-state index contributed by atoms with van der Waals surface area (Å²) in [6.07, 6.45) is -4.94. The lowest BCUT2D eigenvalue weighted by atomic mass is 9.98. The molecular weight excluding hydrogens is 312 g/mol. The van der Waals surface area contributed by atoms with E-state index in [0.717, 1.165) is 0 Å². The highest BCUT2D eigenvalue weighted by Crippen LogP contribution is 2.29. The van der Waals surface area contributed by atoms with Gasteiger partial charge in [-0.2, -0.15) is 0 Å². The average Bonchev–Trinajstić information content (AvgIpc) is 2.43. The van der Waals surface area contributed by atoms with E-state index in [0.29, 0.717) is 0 Å². The molecule has 1 heterocycles. The number of hydrogen-bond acceptors (Lipinski definition) is 9. The van der Waals surface area contributed by atoms with Crippen LogP contribution < -0.4 is 0 Å².